The first-order valence-corrected chi connectivity index (χ1v) is 8.25. The van der Waals surface area contributed by atoms with E-state index in [2.05, 4.69) is 59.8 Å². The number of benzene rings is 2. The number of anilines is 1. The zero-order valence-corrected chi connectivity index (χ0v) is 15.6. The molecule has 0 unspecified atom stereocenters. The Morgan fingerprint density at radius 1 is 1.14 bits per heavy atom. The molecule has 0 saturated carbocycles. The number of carbonyl (C=O) groups excluding carboxylic acids is 1. The van der Waals surface area contributed by atoms with Crippen molar-refractivity contribution < 1.29 is 9.72 Å². The number of rotatable bonds is 3. The van der Waals surface area contributed by atoms with Crippen molar-refractivity contribution in [2.24, 2.45) is 0 Å². The van der Waals surface area contributed by atoms with Crippen LogP contribution in [-0.4, -0.2) is 10.8 Å². The maximum Gasteiger partial charge on any atom is 0.283 e. The lowest BCUT2D eigenvalue weighted by Gasteiger charge is -2.08. The van der Waals surface area contributed by atoms with E-state index in [-0.39, 0.29) is 11.6 Å². The number of nitro benzene ring substituents is 1. The molecule has 0 atom stereocenters. The highest BCUT2D eigenvalue weighted by molar-refractivity contribution is 14.1. The van der Waals surface area contributed by atoms with E-state index in [9.17, 15) is 14.9 Å². The minimum absolute atomic E-state index is 0.0524. The minimum Gasteiger partial charge on any atom is -0.322 e. The van der Waals surface area contributed by atoms with E-state index >= 15 is 0 Å². The highest BCUT2D eigenvalue weighted by atomic mass is 127. The summed E-state index contributed by atoms with van der Waals surface area (Å²) in [7, 11) is 0. The van der Waals surface area contributed by atoms with Gasteiger partial charge in [-0.05, 0) is 84.8 Å². The van der Waals surface area contributed by atoms with Crippen LogP contribution in [0.15, 0.2) is 45.3 Å². The molecule has 5 nitrogen and oxygen atoms in total. The molecule has 0 heterocycles. The topological polar surface area (TPSA) is 72.2 Å². The van der Waals surface area contributed by atoms with Crippen molar-refractivity contribution in [1.29, 1.82) is 0 Å². The Morgan fingerprint density at radius 3 is 2.48 bits per heavy atom. The molecule has 21 heavy (non-hydrogen) atoms. The summed E-state index contributed by atoms with van der Waals surface area (Å²) < 4.78 is 1.93. The van der Waals surface area contributed by atoms with Crippen LogP contribution >= 0.6 is 54.5 Å². The molecular weight excluding hydrogens is 519 g/mol. The Labute approximate surface area is 150 Å². The maximum atomic E-state index is 12.2. The fourth-order valence-electron chi connectivity index (χ4n) is 1.60. The quantitative estimate of drug-likeness (QED) is 0.349. The molecule has 0 spiro atoms. The maximum absolute atomic E-state index is 12.2. The number of nitro groups is 1. The fourth-order valence-corrected chi connectivity index (χ4v) is 3.04. The first-order chi connectivity index (χ1) is 9.88. The Bertz CT molecular complexity index is 737. The molecule has 0 saturated heterocycles. The number of nitrogens with one attached hydrogen (secondary N) is 1. The molecule has 0 aliphatic rings. The molecule has 0 aliphatic heterocycles. The van der Waals surface area contributed by atoms with Crippen molar-refractivity contribution in [3.8, 4) is 0 Å². The van der Waals surface area contributed by atoms with Crippen LogP contribution in [0.1, 0.15) is 10.4 Å². The smallest absolute Gasteiger partial charge is 0.283 e. The van der Waals surface area contributed by atoms with Crippen LogP contribution in [0.2, 0.25) is 0 Å². The molecule has 0 bridgehead atoms. The standard InChI is InChI=1S/C13H7Br2IN2O3/c14-10-3-1-7(16)5-9(10)13(19)17-8-2-4-12(18(20)21)11(15)6-8/h1-6H,(H,17,19). The predicted molar refractivity (Wildman–Crippen MR) is 95.6 cm³/mol. The van der Waals surface area contributed by atoms with Gasteiger partial charge in [-0.15, -0.1) is 0 Å². The number of carbonyl (C=O) groups is 1. The Kier molecular flexibility index (Phi) is 5.33. The second kappa shape index (κ2) is 6.84. The highest BCUT2D eigenvalue weighted by Gasteiger charge is 2.14. The largest absolute Gasteiger partial charge is 0.322 e. The fraction of sp³-hybridized carbons (Fsp3) is 0. The van der Waals surface area contributed by atoms with Gasteiger partial charge in [-0.1, -0.05) is 0 Å². The van der Waals surface area contributed by atoms with Crippen molar-refractivity contribution >= 4 is 71.7 Å². The van der Waals surface area contributed by atoms with Gasteiger partial charge < -0.3 is 5.32 Å². The number of nitrogens with zero attached hydrogens (tertiary/aromatic N) is 1. The summed E-state index contributed by atoms with van der Waals surface area (Å²) in [6.45, 7) is 0. The predicted octanol–water partition coefficient (Wildman–Crippen LogP) is 4.98. The summed E-state index contributed by atoms with van der Waals surface area (Å²) in [5.74, 6) is -0.291. The lowest BCUT2D eigenvalue weighted by atomic mass is 10.2. The molecular formula is C13H7Br2IN2O3. The van der Waals surface area contributed by atoms with Crippen LogP contribution < -0.4 is 5.32 Å². The van der Waals surface area contributed by atoms with Gasteiger partial charge in [-0.2, -0.15) is 0 Å². The number of amides is 1. The van der Waals surface area contributed by atoms with Crippen LogP contribution in [0.4, 0.5) is 11.4 Å². The number of hydrogen-bond acceptors (Lipinski definition) is 3. The summed E-state index contributed by atoms with van der Waals surface area (Å²) in [6, 6.07) is 9.75. The minimum atomic E-state index is -0.494. The molecule has 108 valence electrons. The molecule has 0 aromatic heterocycles. The van der Waals surface area contributed by atoms with Crippen molar-refractivity contribution in [2.75, 3.05) is 5.32 Å². The molecule has 1 amide bonds. The van der Waals surface area contributed by atoms with E-state index < -0.39 is 4.92 Å². The van der Waals surface area contributed by atoms with Gasteiger partial charge in [0, 0.05) is 19.8 Å². The van der Waals surface area contributed by atoms with Crippen LogP contribution in [-0.2, 0) is 0 Å². The van der Waals surface area contributed by atoms with E-state index in [1.807, 2.05) is 6.07 Å². The third-order valence-electron chi connectivity index (χ3n) is 2.58. The molecule has 2 rings (SSSR count). The van der Waals surface area contributed by atoms with Crippen molar-refractivity contribution in [3.05, 3.63) is 64.6 Å². The van der Waals surface area contributed by atoms with E-state index in [4.69, 9.17) is 0 Å². The van der Waals surface area contributed by atoms with Crippen LogP contribution in [0, 0.1) is 13.7 Å². The zero-order chi connectivity index (χ0) is 15.6. The van der Waals surface area contributed by atoms with Crippen LogP contribution in [0.5, 0.6) is 0 Å². The monoisotopic (exact) mass is 524 g/mol. The SMILES string of the molecule is O=C(Nc1ccc([N+](=O)[O-])c(Br)c1)c1cc(I)ccc1Br. The van der Waals surface area contributed by atoms with Crippen molar-refractivity contribution in [3.63, 3.8) is 0 Å². The molecule has 0 fully saturated rings. The van der Waals surface area contributed by atoms with Gasteiger partial charge in [0.25, 0.3) is 11.6 Å². The van der Waals surface area contributed by atoms with Gasteiger partial charge in [0.1, 0.15) is 0 Å². The van der Waals surface area contributed by atoms with Gasteiger partial charge in [-0.25, -0.2) is 0 Å². The second-order valence-electron chi connectivity index (χ2n) is 4.00. The Morgan fingerprint density at radius 2 is 1.86 bits per heavy atom. The van der Waals surface area contributed by atoms with E-state index in [1.54, 1.807) is 12.1 Å². The van der Waals surface area contributed by atoms with E-state index in [1.165, 1.54) is 18.2 Å². The zero-order valence-electron chi connectivity index (χ0n) is 10.3. The van der Waals surface area contributed by atoms with E-state index in [0.717, 1.165) is 3.57 Å². The summed E-state index contributed by atoms with van der Waals surface area (Å²) in [4.78, 5) is 22.5. The number of halogens is 3. The first-order valence-electron chi connectivity index (χ1n) is 5.59. The van der Waals surface area contributed by atoms with Crippen LogP contribution in [0.3, 0.4) is 0 Å². The third-order valence-corrected chi connectivity index (χ3v) is 4.57. The first kappa shape index (κ1) is 16.4. The van der Waals surface area contributed by atoms with Crippen LogP contribution in [0.25, 0.3) is 0 Å². The molecule has 0 radical (unpaired) electrons. The van der Waals surface area contributed by atoms with E-state index in [0.29, 0.717) is 20.2 Å². The van der Waals surface area contributed by atoms with Crippen molar-refractivity contribution in [1.82, 2.24) is 0 Å². The summed E-state index contributed by atoms with van der Waals surface area (Å²) in [6.07, 6.45) is 0. The van der Waals surface area contributed by atoms with Gasteiger partial charge in [0.2, 0.25) is 0 Å². The van der Waals surface area contributed by atoms with Gasteiger partial charge in [0.05, 0.1) is 15.0 Å². The Balaban J connectivity index is 2.26. The summed E-state index contributed by atoms with van der Waals surface area (Å²) >= 11 is 8.56. The summed E-state index contributed by atoms with van der Waals surface area (Å²) in [5, 5.41) is 13.4. The molecule has 2 aromatic carbocycles. The van der Waals surface area contributed by atoms with Gasteiger partial charge in [0.15, 0.2) is 0 Å². The lowest BCUT2D eigenvalue weighted by molar-refractivity contribution is -0.385. The molecule has 0 aliphatic carbocycles. The normalized spacial score (nSPS) is 10.2. The number of hydrogen-bond donors (Lipinski definition) is 1. The molecule has 1 N–H and O–H groups in total. The third kappa shape index (κ3) is 4.01. The van der Waals surface area contributed by atoms with Gasteiger partial charge in [-0.3, -0.25) is 14.9 Å². The highest BCUT2D eigenvalue weighted by Crippen LogP contribution is 2.28. The summed E-state index contributed by atoms with van der Waals surface area (Å²) in [5.41, 5.74) is 0.919. The Hall–Kier alpha value is -1.000. The van der Waals surface area contributed by atoms with Gasteiger partial charge >= 0.3 is 0 Å². The molecule has 8 heteroatoms. The molecule has 2 aromatic rings. The lowest BCUT2D eigenvalue weighted by Crippen LogP contribution is -2.12. The average molecular weight is 526 g/mol. The van der Waals surface area contributed by atoms with Crippen molar-refractivity contribution in [2.45, 2.75) is 0 Å². The second-order valence-corrected chi connectivity index (χ2v) is 6.96. The average Bonchev–Trinajstić information content (AvgIpc) is 2.41.